The van der Waals surface area contributed by atoms with E-state index in [9.17, 15) is 0 Å². The summed E-state index contributed by atoms with van der Waals surface area (Å²) in [6.07, 6.45) is 2.21. The summed E-state index contributed by atoms with van der Waals surface area (Å²) in [4.78, 5) is 2.15. The fourth-order valence-electron chi connectivity index (χ4n) is 2.80. The van der Waals surface area contributed by atoms with Gasteiger partial charge >= 0.3 is 0 Å². The molecule has 0 spiro atoms. The third-order valence-electron chi connectivity index (χ3n) is 4.02. The molecule has 1 aromatic heterocycles. The molecule has 7 nitrogen and oxygen atoms in total. The molecule has 1 aliphatic rings. The molecule has 1 fully saturated rings. The predicted molar refractivity (Wildman–Crippen MR) is 80.8 cm³/mol. The molecule has 0 saturated carbocycles. The largest absolute Gasteiger partial charge is 0.409 e. The van der Waals surface area contributed by atoms with Crippen LogP contribution in [0.4, 0.5) is 5.82 Å². The Hall–Kier alpha value is -1.89. The van der Waals surface area contributed by atoms with Gasteiger partial charge in [-0.3, -0.25) is 0 Å². The molecular weight excluding hydrogens is 270 g/mol. The van der Waals surface area contributed by atoms with Crippen molar-refractivity contribution in [2.24, 2.45) is 16.8 Å². The molecule has 116 valence electrons. The number of anilines is 1. The quantitative estimate of drug-likeness (QED) is 0.373. The molecule has 1 atom stereocenters. The van der Waals surface area contributed by atoms with Crippen molar-refractivity contribution in [2.75, 3.05) is 31.7 Å². The van der Waals surface area contributed by atoms with Crippen LogP contribution in [-0.4, -0.2) is 48.0 Å². The van der Waals surface area contributed by atoms with Gasteiger partial charge in [-0.05, 0) is 38.2 Å². The molecule has 0 bridgehead atoms. The minimum atomic E-state index is 0.0781. The van der Waals surface area contributed by atoms with Gasteiger partial charge in [-0.2, -0.15) is 5.10 Å². The number of oxime groups is 1. The van der Waals surface area contributed by atoms with Gasteiger partial charge in [0.25, 0.3) is 0 Å². The van der Waals surface area contributed by atoms with Gasteiger partial charge in [-0.1, -0.05) is 5.16 Å². The van der Waals surface area contributed by atoms with E-state index in [-0.39, 0.29) is 5.84 Å². The standard InChI is InChI=1S/C14H23N5O2/c1-9-10(2)16-17-14(12(9)13(15)18-20)19-6-4-5-11(7-19)8-21-3/h11,20H,4-8H2,1-3H3,(H2,15,18). The average Bonchev–Trinajstić information content (AvgIpc) is 2.49. The van der Waals surface area contributed by atoms with E-state index in [1.54, 1.807) is 7.11 Å². The lowest BCUT2D eigenvalue weighted by Gasteiger charge is -2.34. The molecule has 0 aromatic carbocycles. The summed E-state index contributed by atoms with van der Waals surface area (Å²) in [5, 5.41) is 20.7. The number of nitrogens with two attached hydrogens (primary N) is 1. The van der Waals surface area contributed by atoms with Gasteiger partial charge in [0, 0.05) is 20.2 Å². The summed E-state index contributed by atoms with van der Waals surface area (Å²) in [7, 11) is 1.72. The topological polar surface area (TPSA) is 96.9 Å². The van der Waals surface area contributed by atoms with Crippen molar-refractivity contribution in [2.45, 2.75) is 26.7 Å². The van der Waals surface area contributed by atoms with E-state index in [1.165, 1.54) is 0 Å². The van der Waals surface area contributed by atoms with Crippen molar-refractivity contribution in [1.82, 2.24) is 10.2 Å². The maximum absolute atomic E-state index is 9.04. The van der Waals surface area contributed by atoms with Crippen LogP contribution in [0.1, 0.15) is 29.7 Å². The predicted octanol–water partition coefficient (Wildman–Crippen LogP) is 1.05. The van der Waals surface area contributed by atoms with Crippen LogP contribution >= 0.6 is 0 Å². The number of hydrogen-bond donors (Lipinski definition) is 2. The summed E-state index contributed by atoms with van der Waals surface area (Å²) < 4.78 is 5.26. The Morgan fingerprint density at radius 3 is 2.90 bits per heavy atom. The Bertz CT molecular complexity index is 530. The molecule has 0 amide bonds. The fraction of sp³-hybridized carbons (Fsp3) is 0.643. The van der Waals surface area contributed by atoms with Crippen LogP contribution in [0.3, 0.4) is 0 Å². The van der Waals surface area contributed by atoms with Gasteiger partial charge in [0.1, 0.15) is 0 Å². The zero-order valence-electron chi connectivity index (χ0n) is 12.8. The molecule has 3 N–H and O–H groups in total. The number of hydrogen-bond acceptors (Lipinski definition) is 6. The monoisotopic (exact) mass is 293 g/mol. The number of aryl methyl sites for hydroxylation is 1. The van der Waals surface area contributed by atoms with E-state index in [0.717, 1.165) is 43.8 Å². The van der Waals surface area contributed by atoms with E-state index >= 15 is 0 Å². The van der Waals surface area contributed by atoms with Gasteiger partial charge in [0.2, 0.25) is 0 Å². The van der Waals surface area contributed by atoms with Crippen LogP contribution in [0.25, 0.3) is 0 Å². The van der Waals surface area contributed by atoms with E-state index < -0.39 is 0 Å². The molecule has 0 radical (unpaired) electrons. The fourth-order valence-corrected chi connectivity index (χ4v) is 2.80. The highest BCUT2D eigenvalue weighted by molar-refractivity contribution is 6.02. The van der Waals surface area contributed by atoms with Crippen molar-refractivity contribution in [3.05, 3.63) is 16.8 Å². The number of piperidine rings is 1. The van der Waals surface area contributed by atoms with Crippen molar-refractivity contribution in [3.8, 4) is 0 Å². The molecular formula is C14H23N5O2. The third kappa shape index (κ3) is 3.24. The molecule has 2 heterocycles. The summed E-state index contributed by atoms with van der Waals surface area (Å²) in [6.45, 7) is 6.25. The van der Waals surface area contributed by atoms with Gasteiger partial charge in [0.15, 0.2) is 11.7 Å². The van der Waals surface area contributed by atoms with Crippen LogP contribution < -0.4 is 10.6 Å². The Labute approximate surface area is 124 Å². The molecule has 1 unspecified atom stereocenters. The van der Waals surface area contributed by atoms with Gasteiger partial charge in [-0.25, -0.2) is 0 Å². The first-order chi connectivity index (χ1) is 10.1. The van der Waals surface area contributed by atoms with E-state index in [2.05, 4.69) is 20.3 Å². The lowest BCUT2D eigenvalue weighted by atomic mass is 9.98. The molecule has 1 aromatic rings. The summed E-state index contributed by atoms with van der Waals surface area (Å²) in [5.74, 6) is 1.23. The molecule has 2 rings (SSSR count). The number of ether oxygens (including phenoxy) is 1. The molecule has 0 aliphatic carbocycles. The number of methoxy groups -OCH3 is 1. The van der Waals surface area contributed by atoms with Crippen LogP contribution in [0, 0.1) is 19.8 Å². The molecule has 21 heavy (non-hydrogen) atoms. The Morgan fingerprint density at radius 1 is 1.48 bits per heavy atom. The lowest BCUT2D eigenvalue weighted by Crippen LogP contribution is -2.39. The second-order valence-corrected chi connectivity index (χ2v) is 5.50. The molecule has 1 aliphatic heterocycles. The van der Waals surface area contributed by atoms with Gasteiger partial charge in [-0.15, -0.1) is 5.10 Å². The Kier molecular flexibility index (Phi) is 4.95. The number of amidine groups is 1. The molecule has 1 saturated heterocycles. The summed E-state index contributed by atoms with van der Waals surface area (Å²) in [6, 6.07) is 0. The SMILES string of the molecule is COCC1CCCN(c2nnc(C)c(C)c2C(N)=NO)C1. The van der Waals surface area contributed by atoms with Crippen molar-refractivity contribution >= 4 is 11.7 Å². The second kappa shape index (κ2) is 6.71. The van der Waals surface area contributed by atoms with E-state index in [0.29, 0.717) is 17.3 Å². The summed E-state index contributed by atoms with van der Waals surface area (Å²) in [5.41, 5.74) is 8.19. The van der Waals surface area contributed by atoms with Crippen LogP contribution in [0.15, 0.2) is 5.16 Å². The van der Waals surface area contributed by atoms with Crippen molar-refractivity contribution in [3.63, 3.8) is 0 Å². The highest BCUT2D eigenvalue weighted by atomic mass is 16.5. The number of aromatic nitrogens is 2. The first-order valence-corrected chi connectivity index (χ1v) is 7.14. The Morgan fingerprint density at radius 2 is 2.24 bits per heavy atom. The first-order valence-electron chi connectivity index (χ1n) is 7.14. The highest BCUT2D eigenvalue weighted by Gasteiger charge is 2.25. The van der Waals surface area contributed by atoms with E-state index in [1.807, 2.05) is 13.8 Å². The van der Waals surface area contributed by atoms with Crippen molar-refractivity contribution < 1.29 is 9.94 Å². The maximum atomic E-state index is 9.04. The minimum Gasteiger partial charge on any atom is -0.409 e. The minimum absolute atomic E-state index is 0.0781. The second-order valence-electron chi connectivity index (χ2n) is 5.50. The smallest absolute Gasteiger partial charge is 0.174 e. The van der Waals surface area contributed by atoms with Crippen LogP contribution in [0.5, 0.6) is 0 Å². The van der Waals surface area contributed by atoms with E-state index in [4.69, 9.17) is 15.7 Å². The Balaban J connectivity index is 2.37. The number of rotatable bonds is 4. The average molecular weight is 293 g/mol. The van der Waals surface area contributed by atoms with Gasteiger partial charge in [0.05, 0.1) is 17.9 Å². The third-order valence-corrected chi connectivity index (χ3v) is 4.02. The zero-order valence-corrected chi connectivity index (χ0v) is 12.8. The lowest BCUT2D eigenvalue weighted by molar-refractivity contribution is 0.143. The maximum Gasteiger partial charge on any atom is 0.174 e. The van der Waals surface area contributed by atoms with Crippen molar-refractivity contribution in [1.29, 1.82) is 0 Å². The number of nitrogens with zero attached hydrogens (tertiary/aromatic N) is 4. The van der Waals surface area contributed by atoms with Crippen LogP contribution in [0.2, 0.25) is 0 Å². The highest BCUT2D eigenvalue weighted by Crippen LogP contribution is 2.27. The first kappa shape index (κ1) is 15.5. The van der Waals surface area contributed by atoms with Crippen LogP contribution in [-0.2, 0) is 4.74 Å². The zero-order chi connectivity index (χ0) is 15.4. The van der Waals surface area contributed by atoms with Gasteiger partial charge < -0.3 is 20.6 Å². The summed E-state index contributed by atoms with van der Waals surface area (Å²) >= 11 is 0. The molecule has 7 heteroatoms. The normalized spacial score (nSPS) is 19.9.